The fraction of sp³-hybridized carbons (Fsp3) is 0.444. The molecule has 0 radical (unpaired) electrons. The van der Waals surface area contributed by atoms with Crippen molar-refractivity contribution < 1.29 is 9.90 Å². The van der Waals surface area contributed by atoms with Crippen LogP contribution in [0.3, 0.4) is 0 Å². The Balaban J connectivity index is 3.87. The maximum absolute atomic E-state index is 10.4. The van der Waals surface area contributed by atoms with Crippen LogP contribution >= 0.6 is 0 Å². The molecule has 0 bridgehead atoms. The molecule has 62 valence electrons. The molecule has 0 saturated heterocycles. The summed E-state index contributed by atoms with van der Waals surface area (Å²) in [4.78, 5) is 10.4. The lowest BCUT2D eigenvalue weighted by Crippen LogP contribution is -2.18. The van der Waals surface area contributed by atoms with Crippen LogP contribution in [-0.4, -0.2) is 16.5 Å². The van der Waals surface area contributed by atoms with Gasteiger partial charge in [0.05, 0.1) is 5.60 Å². The van der Waals surface area contributed by atoms with E-state index >= 15 is 0 Å². The number of carbonyl (C=O) groups excluding carboxylic acids is 1. The summed E-state index contributed by atoms with van der Waals surface area (Å²) < 4.78 is 0. The lowest BCUT2D eigenvalue weighted by molar-refractivity contribution is -0.112. The van der Waals surface area contributed by atoms with E-state index in [0.717, 1.165) is 0 Å². The molecule has 0 unspecified atom stereocenters. The van der Waals surface area contributed by atoms with Crippen molar-refractivity contribution in [2.24, 2.45) is 0 Å². The molecule has 0 rings (SSSR count). The van der Waals surface area contributed by atoms with Gasteiger partial charge in [0.25, 0.3) is 0 Å². The van der Waals surface area contributed by atoms with E-state index in [1.165, 1.54) is 19.1 Å². The zero-order chi connectivity index (χ0) is 8.91. The largest absolute Gasteiger partial charge is 0.386 e. The second kappa shape index (κ2) is 4.09. The molecule has 0 aromatic heterocycles. The molecular weight excluding hydrogens is 140 g/mol. The average molecular weight is 154 g/mol. The molecule has 1 N–H and O–H groups in total. The fourth-order valence-corrected chi connectivity index (χ4v) is 0.547. The molecule has 2 nitrogen and oxygen atoms in total. The van der Waals surface area contributed by atoms with Crippen LogP contribution in [0, 0.1) is 0 Å². The summed E-state index contributed by atoms with van der Waals surface area (Å²) in [7, 11) is 0. The number of carbonyl (C=O) groups is 1. The molecule has 0 aromatic rings. The quantitative estimate of drug-likeness (QED) is 0.491. The highest BCUT2D eigenvalue weighted by molar-refractivity contribution is 5.87. The third kappa shape index (κ3) is 5.55. The highest BCUT2D eigenvalue weighted by Crippen LogP contribution is 2.10. The predicted molar refractivity (Wildman–Crippen MR) is 45.3 cm³/mol. The Kier molecular flexibility index (Phi) is 3.76. The van der Waals surface area contributed by atoms with E-state index in [-0.39, 0.29) is 5.78 Å². The highest BCUT2D eigenvalue weighted by atomic mass is 16.3. The summed E-state index contributed by atoms with van der Waals surface area (Å²) in [6.45, 7) is 6.58. The van der Waals surface area contributed by atoms with Gasteiger partial charge in [-0.1, -0.05) is 12.2 Å². The number of hydrogen-bond acceptors (Lipinski definition) is 2. The van der Waals surface area contributed by atoms with Crippen LogP contribution < -0.4 is 0 Å². The summed E-state index contributed by atoms with van der Waals surface area (Å²) in [5.41, 5.74) is -0.897. The first kappa shape index (κ1) is 10.1. The first-order valence-corrected chi connectivity index (χ1v) is 3.51. The van der Waals surface area contributed by atoms with Crippen molar-refractivity contribution in [2.75, 3.05) is 0 Å². The average Bonchev–Trinajstić information content (AvgIpc) is 1.87. The van der Waals surface area contributed by atoms with Gasteiger partial charge in [-0.3, -0.25) is 4.79 Å². The second-order valence-electron chi connectivity index (χ2n) is 2.78. The third-order valence-corrected chi connectivity index (χ3v) is 1.32. The van der Waals surface area contributed by atoms with Crippen molar-refractivity contribution in [3.63, 3.8) is 0 Å². The second-order valence-corrected chi connectivity index (χ2v) is 2.78. The van der Waals surface area contributed by atoms with Gasteiger partial charge in [0.2, 0.25) is 0 Å². The summed E-state index contributed by atoms with van der Waals surface area (Å²) in [6, 6.07) is 0. The summed E-state index contributed by atoms with van der Waals surface area (Å²) in [6.07, 6.45) is 4.97. The molecular formula is C9H14O2. The maximum atomic E-state index is 10.4. The van der Waals surface area contributed by atoms with Gasteiger partial charge in [-0.2, -0.15) is 0 Å². The van der Waals surface area contributed by atoms with Crippen LogP contribution in [0.1, 0.15) is 20.3 Å². The minimum Gasteiger partial charge on any atom is -0.386 e. The molecule has 1 atom stereocenters. The number of allylic oxidation sites excluding steroid dienone is 1. The molecule has 0 aliphatic rings. The minimum absolute atomic E-state index is 0.00939. The Morgan fingerprint density at radius 2 is 2.27 bits per heavy atom. The van der Waals surface area contributed by atoms with Crippen LogP contribution in [0.5, 0.6) is 0 Å². The van der Waals surface area contributed by atoms with Crippen LogP contribution in [0.25, 0.3) is 0 Å². The minimum atomic E-state index is -0.897. The lowest BCUT2D eigenvalue weighted by atomic mass is 10.0. The third-order valence-electron chi connectivity index (χ3n) is 1.32. The SMILES string of the molecule is C=C[C@@](C)(O)CC=CC(C)=O. The molecule has 0 fully saturated rings. The van der Waals surface area contributed by atoms with Crippen molar-refractivity contribution in [3.05, 3.63) is 24.8 Å². The Labute approximate surface area is 67.2 Å². The standard InChI is InChI=1S/C9H14O2/c1-4-9(3,11)7-5-6-8(2)10/h4-6,11H,1,7H2,2-3H3/t9-/m1/s1. The van der Waals surface area contributed by atoms with E-state index in [1.54, 1.807) is 13.0 Å². The number of hydrogen-bond donors (Lipinski definition) is 1. The molecule has 0 aliphatic carbocycles. The Bertz CT molecular complexity index is 178. The van der Waals surface area contributed by atoms with Gasteiger partial charge < -0.3 is 5.11 Å². The molecule has 0 heterocycles. The molecule has 0 amide bonds. The first-order chi connectivity index (χ1) is 4.98. The highest BCUT2D eigenvalue weighted by Gasteiger charge is 2.11. The molecule has 0 saturated carbocycles. The summed E-state index contributed by atoms with van der Waals surface area (Å²) in [5.74, 6) is -0.00939. The van der Waals surface area contributed by atoms with Crippen LogP contribution in [0.15, 0.2) is 24.8 Å². The van der Waals surface area contributed by atoms with Crippen LogP contribution in [0.4, 0.5) is 0 Å². The zero-order valence-corrected chi connectivity index (χ0v) is 7.00. The van der Waals surface area contributed by atoms with E-state index in [0.29, 0.717) is 6.42 Å². The first-order valence-electron chi connectivity index (χ1n) is 3.51. The van der Waals surface area contributed by atoms with Gasteiger partial charge in [0.1, 0.15) is 0 Å². The normalized spacial score (nSPS) is 16.3. The molecule has 11 heavy (non-hydrogen) atoms. The van der Waals surface area contributed by atoms with E-state index in [9.17, 15) is 9.90 Å². The van der Waals surface area contributed by atoms with Crippen molar-refractivity contribution in [1.82, 2.24) is 0 Å². The van der Waals surface area contributed by atoms with Gasteiger partial charge in [-0.25, -0.2) is 0 Å². The smallest absolute Gasteiger partial charge is 0.152 e. The van der Waals surface area contributed by atoms with Gasteiger partial charge in [0, 0.05) is 0 Å². The van der Waals surface area contributed by atoms with Crippen LogP contribution in [0.2, 0.25) is 0 Å². The molecule has 0 aliphatic heterocycles. The van der Waals surface area contributed by atoms with Crippen molar-refractivity contribution in [3.8, 4) is 0 Å². The van der Waals surface area contributed by atoms with E-state index in [1.807, 2.05) is 0 Å². The Morgan fingerprint density at radius 1 is 1.73 bits per heavy atom. The summed E-state index contributed by atoms with van der Waals surface area (Å²) in [5, 5.41) is 9.36. The van der Waals surface area contributed by atoms with Crippen molar-refractivity contribution in [2.45, 2.75) is 25.9 Å². The van der Waals surface area contributed by atoms with Gasteiger partial charge in [-0.15, -0.1) is 6.58 Å². The monoisotopic (exact) mass is 154 g/mol. The Hall–Kier alpha value is -0.890. The Morgan fingerprint density at radius 3 is 2.64 bits per heavy atom. The van der Waals surface area contributed by atoms with E-state index < -0.39 is 5.60 Å². The summed E-state index contributed by atoms with van der Waals surface area (Å²) >= 11 is 0. The van der Waals surface area contributed by atoms with Gasteiger partial charge >= 0.3 is 0 Å². The molecule has 0 aromatic carbocycles. The fourth-order valence-electron chi connectivity index (χ4n) is 0.547. The van der Waals surface area contributed by atoms with Crippen LogP contribution in [-0.2, 0) is 4.79 Å². The van der Waals surface area contributed by atoms with Crippen molar-refractivity contribution >= 4 is 5.78 Å². The van der Waals surface area contributed by atoms with Crippen molar-refractivity contribution in [1.29, 1.82) is 0 Å². The number of aliphatic hydroxyl groups is 1. The number of ketones is 1. The zero-order valence-electron chi connectivity index (χ0n) is 7.00. The van der Waals surface area contributed by atoms with Gasteiger partial charge in [0.15, 0.2) is 5.78 Å². The lowest BCUT2D eigenvalue weighted by Gasteiger charge is -2.14. The molecule has 2 heteroatoms. The topological polar surface area (TPSA) is 37.3 Å². The van der Waals surface area contributed by atoms with Gasteiger partial charge in [-0.05, 0) is 26.3 Å². The predicted octanol–water partition coefficient (Wildman–Crippen LogP) is 1.46. The maximum Gasteiger partial charge on any atom is 0.152 e. The van der Waals surface area contributed by atoms with E-state index in [4.69, 9.17) is 0 Å². The number of rotatable bonds is 4. The molecule has 0 spiro atoms. The van der Waals surface area contributed by atoms with E-state index in [2.05, 4.69) is 6.58 Å².